The van der Waals surface area contributed by atoms with Crippen LogP contribution < -0.4 is 19.4 Å². The first-order chi connectivity index (χ1) is 19.9. The fourth-order valence-electron chi connectivity index (χ4n) is 5.73. The van der Waals surface area contributed by atoms with Gasteiger partial charge < -0.3 is 15.1 Å². The Morgan fingerprint density at radius 3 is 2.60 bits per heavy atom. The summed E-state index contributed by atoms with van der Waals surface area (Å²) in [6.45, 7) is 3.77. The number of likely N-dealkylation sites (N-methyl/N-ethyl adjacent to an activating group) is 2. The largest absolute Gasteiger partial charge is 0.419 e. The van der Waals surface area contributed by atoms with Crippen LogP contribution in [0.1, 0.15) is 49.6 Å². The van der Waals surface area contributed by atoms with Gasteiger partial charge in [-0.1, -0.05) is 19.1 Å². The molecule has 0 radical (unpaired) electrons. The Morgan fingerprint density at radius 1 is 1.24 bits per heavy atom. The number of benzene rings is 1. The van der Waals surface area contributed by atoms with Crippen molar-refractivity contribution in [2.45, 2.75) is 38.1 Å². The molecule has 0 spiro atoms. The van der Waals surface area contributed by atoms with Crippen molar-refractivity contribution >= 4 is 27.6 Å². The zero-order valence-electron chi connectivity index (χ0n) is 24.7. The van der Waals surface area contributed by atoms with Crippen molar-refractivity contribution in [3.8, 4) is 11.5 Å². The molecule has 0 bridgehead atoms. The Morgan fingerprint density at radius 2 is 1.95 bits per heavy atom. The van der Waals surface area contributed by atoms with Crippen LogP contribution in [0.2, 0.25) is 0 Å². The van der Waals surface area contributed by atoms with Crippen molar-refractivity contribution in [2.24, 2.45) is 11.8 Å². The molecule has 1 aromatic carbocycles. The summed E-state index contributed by atoms with van der Waals surface area (Å²) in [6, 6.07) is 9.62. The van der Waals surface area contributed by atoms with Crippen LogP contribution in [-0.4, -0.2) is 76.5 Å². The monoisotopic (exact) mass is 600 g/mol. The number of nitrogens with one attached hydrogen (secondary N) is 2. The number of carbonyl (C=O) groups excluding carboxylic acids is 1. The van der Waals surface area contributed by atoms with Crippen molar-refractivity contribution in [1.82, 2.24) is 30.3 Å². The van der Waals surface area contributed by atoms with Crippen LogP contribution in [0.25, 0.3) is 11.5 Å². The van der Waals surface area contributed by atoms with E-state index in [9.17, 15) is 17.6 Å². The summed E-state index contributed by atoms with van der Waals surface area (Å²) >= 11 is 0. The highest BCUT2D eigenvalue weighted by Gasteiger charge is 2.43. The number of aromatic nitrogens is 3. The maximum absolute atomic E-state index is 13.6. The first-order valence-corrected chi connectivity index (χ1v) is 16.1. The number of hydrogen-bond acceptors (Lipinski definition) is 8. The highest BCUT2D eigenvalue weighted by atomic mass is 32.2. The number of sulfonamides is 1. The van der Waals surface area contributed by atoms with Gasteiger partial charge in [0.1, 0.15) is 11.6 Å². The molecule has 5 atom stereocenters. The molecule has 1 amide bonds. The quantitative estimate of drug-likeness (QED) is 0.340. The summed E-state index contributed by atoms with van der Waals surface area (Å²) in [6.07, 6.45) is 4.00. The predicted molar refractivity (Wildman–Crippen MR) is 159 cm³/mol. The third kappa shape index (κ3) is 6.47. The van der Waals surface area contributed by atoms with E-state index in [0.717, 1.165) is 41.9 Å². The standard InChI is InChI=1S/C29H38FN7O4S/c1-18-13-21(18)16-37(4,17-26(38)31-2)25-15-20(14-24(33-25)36(3)42(5,39)40)28-34-35-29(41-28)27-23(7-6-12-32-27)19-8-10-22(30)11-9-19/h8-11,14-15,18,21,23,27,32H,6-7,12-13,16-17H2,1-5H3/p+1/t18-,21+,23-,27-,37?/m0/s1. The summed E-state index contributed by atoms with van der Waals surface area (Å²) < 4.78 is 46.2. The molecule has 2 aliphatic rings. The molecule has 13 heteroatoms. The molecular formula is C29H39FN7O4S+. The zero-order chi connectivity index (χ0) is 30.2. The van der Waals surface area contributed by atoms with Crippen LogP contribution in [0.4, 0.5) is 16.0 Å². The number of hydrogen-bond donors (Lipinski definition) is 2. The lowest BCUT2D eigenvalue weighted by atomic mass is 9.84. The van der Waals surface area contributed by atoms with Crippen molar-refractivity contribution in [1.29, 1.82) is 0 Å². The number of quaternary nitrogens is 1. The van der Waals surface area contributed by atoms with Gasteiger partial charge in [0.05, 0.1) is 31.5 Å². The van der Waals surface area contributed by atoms with E-state index in [0.29, 0.717) is 35.7 Å². The van der Waals surface area contributed by atoms with Gasteiger partial charge in [0.25, 0.3) is 5.91 Å². The average Bonchev–Trinajstić information content (AvgIpc) is 3.42. The number of piperidine rings is 1. The fourth-order valence-corrected chi connectivity index (χ4v) is 6.17. The van der Waals surface area contributed by atoms with E-state index in [-0.39, 0.29) is 46.4 Å². The second kappa shape index (κ2) is 11.7. The van der Waals surface area contributed by atoms with Crippen LogP contribution in [0.5, 0.6) is 0 Å². The number of pyridine rings is 1. The summed E-state index contributed by atoms with van der Waals surface area (Å²) in [5.74, 6) is 1.88. The van der Waals surface area contributed by atoms with E-state index < -0.39 is 10.0 Å². The Labute approximate surface area is 246 Å². The summed E-state index contributed by atoms with van der Waals surface area (Å²) in [4.78, 5) is 17.4. The molecule has 2 fully saturated rings. The first kappa shape index (κ1) is 30.1. The molecule has 3 heterocycles. The zero-order valence-corrected chi connectivity index (χ0v) is 25.5. The molecule has 2 aromatic heterocycles. The molecule has 1 unspecified atom stereocenters. The first-order valence-electron chi connectivity index (χ1n) is 14.2. The molecule has 2 N–H and O–H groups in total. The van der Waals surface area contributed by atoms with Gasteiger partial charge in [-0.3, -0.25) is 13.6 Å². The van der Waals surface area contributed by atoms with Gasteiger partial charge in [-0.2, -0.15) is 4.98 Å². The fraction of sp³-hybridized carbons (Fsp3) is 0.517. The molecule has 5 rings (SSSR count). The van der Waals surface area contributed by atoms with Gasteiger partial charge in [0.15, 0.2) is 6.54 Å². The molecule has 42 heavy (non-hydrogen) atoms. The Kier molecular flexibility index (Phi) is 8.37. The van der Waals surface area contributed by atoms with Gasteiger partial charge in [-0.05, 0) is 55.5 Å². The van der Waals surface area contributed by atoms with Gasteiger partial charge in [-0.15, -0.1) is 10.2 Å². The van der Waals surface area contributed by atoms with Crippen LogP contribution in [-0.2, 0) is 14.8 Å². The Bertz CT molecular complexity index is 1550. The number of carbonyl (C=O) groups is 1. The number of nitrogens with zero attached hydrogens (tertiary/aromatic N) is 5. The van der Waals surface area contributed by atoms with Gasteiger partial charge in [-0.25, -0.2) is 12.8 Å². The highest BCUT2D eigenvalue weighted by molar-refractivity contribution is 7.92. The second-order valence-corrected chi connectivity index (χ2v) is 13.9. The molecule has 3 aromatic rings. The predicted octanol–water partition coefficient (Wildman–Crippen LogP) is 3.21. The maximum Gasteiger partial charge on any atom is 0.275 e. The van der Waals surface area contributed by atoms with Crippen LogP contribution >= 0.6 is 0 Å². The molecule has 1 aliphatic heterocycles. The van der Waals surface area contributed by atoms with Crippen molar-refractivity contribution in [3.63, 3.8) is 0 Å². The normalized spacial score (nSPS) is 23.7. The van der Waals surface area contributed by atoms with Crippen LogP contribution in [0.3, 0.4) is 0 Å². The van der Waals surface area contributed by atoms with E-state index in [4.69, 9.17) is 9.40 Å². The average molecular weight is 601 g/mol. The van der Waals surface area contributed by atoms with Crippen molar-refractivity contribution in [2.75, 3.05) is 51.3 Å². The van der Waals surface area contributed by atoms with Crippen molar-refractivity contribution < 1.29 is 22.0 Å². The van der Waals surface area contributed by atoms with E-state index in [1.165, 1.54) is 19.2 Å². The number of amides is 1. The maximum atomic E-state index is 13.6. The van der Waals surface area contributed by atoms with Gasteiger partial charge >= 0.3 is 0 Å². The van der Waals surface area contributed by atoms with E-state index >= 15 is 0 Å². The van der Waals surface area contributed by atoms with Crippen LogP contribution in [0, 0.1) is 17.7 Å². The SMILES string of the molecule is CNC(=O)C[N+](C)(C[C@H]1C[C@@H]1C)c1cc(-c2nnc([C@H]3NCCC[C@H]3c3ccc(F)cc3)o2)cc(N(C)S(C)(=O)=O)n1. The molecule has 11 nitrogen and oxygen atoms in total. The Balaban J connectivity index is 1.55. The van der Waals surface area contributed by atoms with E-state index in [2.05, 4.69) is 27.8 Å². The topological polar surface area (TPSA) is 130 Å². The summed E-state index contributed by atoms with van der Waals surface area (Å²) in [5.41, 5.74) is 1.48. The minimum Gasteiger partial charge on any atom is -0.419 e. The van der Waals surface area contributed by atoms with E-state index in [1.807, 2.05) is 7.05 Å². The third-order valence-corrected chi connectivity index (χ3v) is 9.75. The summed E-state index contributed by atoms with van der Waals surface area (Å²) in [5, 5.41) is 14.9. The molecular weight excluding hydrogens is 561 g/mol. The minimum atomic E-state index is -3.64. The van der Waals surface area contributed by atoms with Crippen LogP contribution in [0.15, 0.2) is 40.8 Å². The summed E-state index contributed by atoms with van der Waals surface area (Å²) in [7, 11) is 1.34. The minimum absolute atomic E-state index is 0.0145. The van der Waals surface area contributed by atoms with Gasteiger partial charge in [0.2, 0.25) is 27.6 Å². The molecule has 1 saturated heterocycles. The highest BCUT2D eigenvalue weighted by Crippen LogP contribution is 2.42. The lowest BCUT2D eigenvalue weighted by Crippen LogP contribution is -2.53. The molecule has 226 valence electrons. The lowest BCUT2D eigenvalue weighted by Gasteiger charge is -2.33. The van der Waals surface area contributed by atoms with Gasteiger partial charge in [0, 0.05) is 32.0 Å². The Hall–Kier alpha value is -3.42. The molecule has 1 saturated carbocycles. The number of anilines is 1. The van der Waals surface area contributed by atoms with E-state index in [1.54, 1.807) is 31.3 Å². The molecule has 1 aliphatic carbocycles. The number of rotatable bonds is 10. The lowest BCUT2D eigenvalue weighted by molar-refractivity contribution is -0.121. The third-order valence-electron chi connectivity index (χ3n) is 8.57. The van der Waals surface area contributed by atoms with Crippen molar-refractivity contribution in [3.05, 3.63) is 53.7 Å². The number of halogens is 1. The smallest absolute Gasteiger partial charge is 0.275 e. The second-order valence-electron chi connectivity index (χ2n) is 11.9.